The number of aliphatic carboxylic acids is 1. The number of aliphatic hydroxyl groups excluding tert-OH is 2. The van der Waals surface area contributed by atoms with Gasteiger partial charge in [-0.3, -0.25) is 37.7 Å². The molecule has 5 fully saturated rings. The van der Waals surface area contributed by atoms with Crippen molar-refractivity contribution < 1.29 is 96.1 Å². The van der Waals surface area contributed by atoms with Gasteiger partial charge in [-0.15, -0.1) is 0 Å². The fourth-order valence-corrected chi connectivity index (χ4v) is 16.4. The summed E-state index contributed by atoms with van der Waals surface area (Å²) in [4.78, 5) is 97.9. The number of benzene rings is 5. The third-order valence-corrected chi connectivity index (χ3v) is 22.9. The number of carbonyl (C=O) groups is 5. The zero-order chi connectivity index (χ0) is 87.2. The second-order valence-corrected chi connectivity index (χ2v) is 33.1. The van der Waals surface area contributed by atoms with E-state index >= 15 is 0 Å². The first kappa shape index (κ1) is 88.9. The van der Waals surface area contributed by atoms with E-state index in [0.29, 0.717) is 89.5 Å². The summed E-state index contributed by atoms with van der Waals surface area (Å²) < 4.78 is 75.7. The van der Waals surface area contributed by atoms with Crippen LogP contribution in [0.15, 0.2) is 159 Å². The molecule has 8 N–H and O–H groups in total. The van der Waals surface area contributed by atoms with Crippen LogP contribution in [0, 0.1) is 6.92 Å². The highest BCUT2D eigenvalue weighted by Gasteiger charge is 2.58. The van der Waals surface area contributed by atoms with E-state index in [4.69, 9.17) is 61.9 Å². The molecule has 3 unspecified atom stereocenters. The minimum Gasteiger partial charge on any atom is -0.497 e. The molecule has 16 rings (SSSR count). The van der Waals surface area contributed by atoms with Crippen LogP contribution in [-0.4, -0.2) is 219 Å². The Morgan fingerprint density at radius 2 is 0.815 bits per heavy atom. The number of anilines is 3. The number of carboxylic acid groups (broad SMARTS) is 1. The van der Waals surface area contributed by atoms with Crippen molar-refractivity contribution in [2.45, 2.75) is 167 Å². The van der Waals surface area contributed by atoms with Crippen molar-refractivity contribution in [1.29, 1.82) is 0 Å². The molecule has 6 aromatic heterocycles. The van der Waals surface area contributed by atoms with E-state index in [-0.39, 0.29) is 53.3 Å². The molecule has 5 aromatic carbocycles. The van der Waals surface area contributed by atoms with E-state index in [1.807, 2.05) is 165 Å². The molecule has 5 aliphatic heterocycles. The Morgan fingerprint density at radius 1 is 0.452 bits per heavy atom. The summed E-state index contributed by atoms with van der Waals surface area (Å²) in [5.41, 5.74) is 9.71. The Bertz CT molecular complexity index is 5490. The van der Waals surface area contributed by atoms with Gasteiger partial charge in [0.25, 0.3) is 10.5 Å². The van der Waals surface area contributed by atoms with Crippen LogP contribution in [0.1, 0.15) is 93.6 Å². The number of aliphatic hydroxyl groups is 2. The lowest BCUT2D eigenvalue weighted by Gasteiger charge is -2.24. The van der Waals surface area contributed by atoms with Crippen molar-refractivity contribution >= 4 is 114 Å². The second kappa shape index (κ2) is 40.5. The summed E-state index contributed by atoms with van der Waals surface area (Å²) in [5, 5.41) is 43.5. The number of nitrogens with one attached hydrogen (secondary N) is 5. The molecule has 40 heteroatoms. The Labute approximate surface area is 724 Å². The van der Waals surface area contributed by atoms with Gasteiger partial charge < -0.3 is 98.7 Å². The van der Waals surface area contributed by atoms with Gasteiger partial charge in [-0.25, -0.2) is 44.9 Å². The first-order valence-electron chi connectivity index (χ1n) is 39.7. The Hall–Kier alpha value is -11.4. The number of esters is 1. The molecule has 5 saturated heterocycles. The molecule has 0 saturated carbocycles. The van der Waals surface area contributed by atoms with Crippen LogP contribution in [0.25, 0.3) is 33.5 Å². The minimum absolute atomic E-state index is 0.0190. The van der Waals surface area contributed by atoms with Crippen LogP contribution in [0.3, 0.4) is 0 Å². The van der Waals surface area contributed by atoms with Crippen molar-refractivity contribution in [2.24, 2.45) is 0 Å². The van der Waals surface area contributed by atoms with Crippen LogP contribution in [0.2, 0.25) is 0 Å². The van der Waals surface area contributed by atoms with E-state index in [1.54, 1.807) is 40.7 Å². The summed E-state index contributed by atoms with van der Waals surface area (Å²) in [6, 6.07) is 39.4. The molecule has 11 heterocycles. The Kier molecular flexibility index (Phi) is 29.0. The number of hydrogen-bond acceptors (Lipinski definition) is 34. The van der Waals surface area contributed by atoms with Crippen molar-refractivity contribution in [2.75, 3.05) is 67.1 Å². The predicted octanol–water partition coefficient (Wildman–Crippen LogP) is 10.1. The van der Waals surface area contributed by atoms with Crippen LogP contribution in [0.5, 0.6) is 23.0 Å². The number of imidazole rings is 3. The molecule has 5 aliphatic rings. The maximum Gasteiger partial charge on any atom is 0.325 e. The van der Waals surface area contributed by atoms with Gasteiger partial charge in [0.1, 0.15) is 105 Å². The molecular weight excluding hydrogens is 1660 g/mol. The van der Waals surface area contributed by atoms with Crippen molar-refractivity contribution in [3.8, 4) is 23.0 Å². The first-order valence-corrected chi connectivity index (χ1v) is 42.7. The number of amides is 2. The van der Waals surface area contributed by atoms with E-state index in [0.717, 1.165) is 74.3 Å². The zero-order valence-electron chi connectivity index (χ0n) is 69.1. The van der Waals surface area contributed by atoms with E-state index < -0.39 is 90.6 Å². The highest BCUT2D eigenvalue weighted by atomic mass is 32.2. The van der Waals surface area contributed by atoms with Crippen molar-refractivity contribution in [3.05, 3.63) is 193 Å². The van der Waals surface area contributed by atoms with Crippen LogP contribution in [0.4, 0.5) is 27.0 Å². The molecule has 0 aliphatic carbocycles. The molecular formula is C84H95N17O20S3. The maximum absolute atomic E-state index is 12.4. The van der Waals surface area contributed by atoms with Crippen LogP contribution in [-0.2, 0) is 85.1 Å². The molecule has 2 amide bonds. The van der Waals surface area contributed by atoms with Gasteiger partial charge >= 0.3 is 11.9 Å². The lowest BCUT2D eigenvalue weighted by atomic mass is 10.1. The molecule has 0 radical (unpaired) electrons. The van der Waals surface area contributed by atoms with Crippen molar-refractivity contribution in [3.63, 3.8) is 0 Å². The number of fused-ring (bicyclic) bond motifs is 5. The Balaban J connectivity index is 0.000000154. The monoisotopic (exact) mass is 1760 g/mol. The number of ether oxygens (including phenoxy) is 12. The van der Waals surface area contributed by atoms with E-state index in [9.17, 15) is 34.2 Å². The average molecular weight is 1760 g/mol. The lowest BCUT2D eigenvalue weighted by molar-refractivity contribution is -0.193. The first-order chi connectivity index (χ1) is 59.8. The number of carboxylic acids is 1. The van der Waals surface area contributed by atoms with E-state index in [2.05, 4.69) is 71.4 Å². The molecule has 12 atom stereocenters. The topological polar surface area (TPSA) is 448 Å². The number of nitrogens with zero attached hydrogens (tertiary/aromatic N) is 12. The largest absolute Gasteiger partial charge is 0.497 e. The number of aryl methyl sites for hydroxylation is 1. The quantitative estimate of drug-likeness (QED) is 0.0187. The van der Waals surface area contributed by atoms with Gasteiger partial charge in [-0.05, 0) is 118 Å². The average Bonchev–Trinajstić information content (AvgIpc) is 1.59. The summed E-state index contributed by atoms with van der Waals surface area (Å²) in [7, 11) is 3.29. The van der Waals surface area contributed by atoms with Gasteiger partial charge in [-0.1, -0.05) is 114 Å². The maximum atomic E-state index is 12.4. The van der Waals surface area contributed by atoms with Gasteiger partial charge in [-0.2, -0.15) is 0 Å². The minimum atomic E-state index is -1.29. The van der Waals surface area contributed by atoms with Gasteiger partial charge in [0.05, 0.1) is 58.1 Å². The SMILES string of the molecule is CCOC(=O)CNC(=O)SC[C@H]1O[C@@H](n2cnc3c(NCc4ccc(OCc5ccc(OC)cc5)cc4)ncnc32)[C@H]2OC(C)(C)OC12.COc1ccc(COc2ccc(CNc3ncnc4c3ncn4[C@@H]3O[C@H](CSC(C)=O)C4OC(C)(C)O[C@@H]43)cc2)cc1.Cc1ccc(CNc2ncnc3c2ncn3[C@@H]2O[C@H](CSC(=O)NCC(=O)O)C(O)[C@@H]2O)cc1. The second-order valence-electron chi connectivity index (χ2n) is 30.0. The van der Waals surface area contributed by atoms with Gasteiger partial charge in [0.15, 0.2) is 86.3 Å². The number of hydrogen-bond donors (Lipinski definition) is 8. The molecule has 0 spiro atoms. The van der Waals surface area contributed by atoms with E-state index in [1.165, 1.54) is 47.2 Å². The Morgan fingerprint density at radius 3 is 1.22 bits per heavy atom. The zero-order valence-corrected chi connectivity index (χ0v) is 71.5. The number of rotatable bonds is 31. The number of carbonyl (C=O) groups excluding carboxylic acids is 4. The number of aromatic nitrogens is 12. The number of thioether (sulfide) groups is 3. The number of methoxy groups -OCH3 is 2. The summed E-state index contributed by atoms with van der Waals surface area (Å²) >= 11 is 2.99. The highest BCUT2D eigenvalue weighted by Crippen LogP contribution is 2.47. The standard InChI is InChI=1S/C33H38N6O8S.C30H33N5O6S.C21H24N6O6S/c1-5-43-25(40)15-35-32(41)48-17-24-27-28(47-33(2,3)46-27)31(45-24)39-19-38-26-29(36-18-37-30(26)39)34-14-20-6-12-23(13-7-20)44-16-21-8-10-22(42-4)11-9-21;1-18(36)42-15-23-25-26(41-30(2,3)40-25)29(39-23)35-17-34-24-27(32-16-33-28(24)35)31-13-19-5-11-22(12-6-19)38-14-20-7-9-21(37-4)10-8-20;1-11-2-4-12(5-3-11)6-22-18-15-19(25-9-24-18)27(10-26-15)20-17(31)16(30)13(33-20)8-34-21(32)23-7-14(28)29/h6-13,18-19,24,27-28,31H,5,14-17H2,1-4H3,(H,35,41)(H,34,36,37);5-12,16-17,23,25-26,29H,13-15H2,1-4H3,(H,31,32,33);2-5,9-10,13,16-17,20,30-31H,6-8H2,1H3,(H,23,32)(H,28,29)(H,22,24,25)/t24-,27?,28+,31-;23-,25?,26+,29-;13-,16?,17+,20-/m111/s1. The third-order valence-electron chi connectivity index (χ3n) is 20.2. The van der Waals surface area contributed by atoms with Gasteiger partial charge in [0.2, 0.25) is 0 Å². The molecule has 0 bridgehead atoms. The molecule has 654 valence electrons. The van der Waals surface area contributed by atoms with Crippen LogP contribution >= 0.6 is 35.3 Å². The van der Waals surface area contributed by atoms with Crippen LogP contribution < -0.4 is 45.5 Å². The molecule has 11 aromatic rings. The predicted molar refractivity (Wildman–Crippen MR) is 457 cm³/mol. The summed E-state index contributed by atoms with van der Waals surface area (Å²) in [6.45, 7) is 14.8. The fourth-order valence-electron chi connectivity index (χ4n) is 14.2. The normalized spacial score (nSPS) is 21.9. The molecule has 124 heavy (non-hydrogen) atoms. The lowest BCUT2D eigenvalue weighted by Crippen LogP contribution is -2.33. The van der Waals surface area contributed by atoms with Crippen molar-refractivity contribution in [1.82, 2.24) is 69.2 Å². The fraction of sp³-hybridized carbons (Fsp3) is 0.405. The summed E-state index contributed by atoms with van der Waals surface area (Å²) in [5.74, 6) is 2.39. The highest BCUT2D eigenvalue weighted by molar-refractivity contribution is 8.14. The smallest absolute Gasteiger partial charge is 0.325 e. The molecule has 37 nitrogen and oxygen atoms in total. The van der Waals surface area contributed by atoms with Gasteiger partial charge in [0, 0.05) is 43.8 Å². The third kappa shape index (κ3) is 22.2. The summed E-state index contributed by atoms with van der Waals surface area (Å²) in [6.07, 6.45) is 1.27.